The van der Waals surface area contributed by atoms with Crippen molar-refractivity contribution in [1.29, 1.82) is 0 Å². The molecule has 0 amide bonds. The number of hydrogen-bond donors (Lipinski definition) is 0. The minimum Gasteiger partial charge on any atom is -0.491 e. The molecule has 40 heavy (non-hydrogen) atoms. The highest BCUT2D eigenvalue weighted by atomic mass is 16.6. The zero-order valence-electron chi connectivity index (χ0n) is 23.4. The second-order valence-corrected chi connectivity index (χ2v) is 8.76. The van der Waals surface area contributed by atoms with Crippen molar-refractivity contribution in [1.82, 2.24) is 0 Å². The van der Waals surface area contributed by atoms with Crippen LogP contribution in [0.15, 0.2) is 48.5 Å². The van der Waals surface area contributed by atoms with Gasteiger partial charge in [-0.2, -0.15) is 0 Å². The van der Waals surface area contributed by atoms with E-state index in [9.17, 15) is 0 Å². The highest BCUT2D eigenvalue weighted by Gasteiger charge is 2.00. The van der Waals surface area contributed by atoms with Crippen LogP contribution in [0, 0.1) is 0 Å². The van der Waals surface area contributed by atoms with Gasteiger partial charge in [-0.05, 0) is 35.4 Å². The van der Waals surface area contributed by atoms with Gasteiger partial charge in [0.25, 0.3) is 0 Å². The molecule has 4 heterocycles. The summed E-state index contributed by atoms with van der Waals surface area (Å²) in [6.45, 7) is 9.19. The van der Waals surface area contributed by atoms with Gasteiger partial charge in [-0.15, -0.1) is 0 Å². The van der Waals surface area contributed by atoms with E-state index < -0.39 is 0 Å². The lowest BCUT2D eigenvalue weighted by Crippen LogP contribution is -2.14. The Hall–Kier alpha value is -2.28. The molecular weight excluding hydrogens is 520 g/mol. The maximum Gasteiger partial charge on any atom is 0.119 e. The summed E-state index contributed by atoms with van der Waals surface area (Å²) in [5.74, 6) is 1.60. The first-order valence-corrected chi connectivity index (χ1v) is 14.0. The second kappa shape index (κ2) is 22.4. The Labute approximate surface area is 237 Å². The zero-order chi connectivity index (χ0) is 27.8. The smallest absolute Gasteiger partial charge is 0.119 e. The number of hydrogen-bond acceptors (Lipinski definition) is 10. The van der Waals surface area contributed by atoms with Gasteiger partial charge in [-0.1, -0.05) is 24.3 Å². The molecular formula is C30H44O10. The molecule has 2 aromatic rings. The average molecular weight is 565 g/mol. The van der Waals surface area contributed by atoms with Gasteiger partial charge in [0.1, 0.15) is 24.7 Å². The number of rotatable bonds is 0. The van der Waals surface area contributed by atoms with E-state index in [0.717, 1.165) is 22.6 Å². The van der Waals surface area contributed by atoms with Crippen molar-refractivity contribution in [3.8, 4) is 11.5 Å². The van der Waals surface area contributed by atoms with Gasteiger partial charge in [0, 0.05) is 0 Å². The monoisotopic (exact) mass is 564 g/mol. The molecule has 2 aromatic carbocycles. The van der Waals surface area contributed by atoms with Gasteiger partial charge >= 0.3 is 0 Å². The van der Waals surface area contributed by atoms with Crippen molar-refractivity contribution < 1.29 is 47.4 Å². The minimum atomic E-state index is 0.476. The topological polar surface area (TPSA) is 92.3 Å². The van der Waals surface area contributed by atoms with Crippen LogP contribution < -0.4 is 9.47 Å². The van der Waals surface area contributed by atoms with Crippen molar-refractivity contribution in [3.05, 3.63) is 59.7 Å². The molecule has 0 spiro atoms. The molecule has 0 aromatic heterocycles. The SMILES string of the molecule is c1cc2ccc1COCCOCCOCCOCCOCc1ccc(cc1)OCCOCCOCCOCCO2. The fourth-order valence-corrected chi connectivity index (χ4v) is 3.50. The van der Waals surface area contributed by atoms with Crippen molar-refractivity contribution in [2.24, 2.45) is 0 Å². The molecule has 0 saturated heterocycles. The van der Waals surface area contributed by atoms with Gasteiger partial charge in [-0.25, -0.2) is 0 Å². The summed E-state index contributed by atoms with van der Waals surface area (Å²) >= 11 is 0. The minimum absolute atomic E-state index is 0.476. The third-order valence-corrected chi connectivity index (χ3v) is 5.61. The van der Waals surface area contributed by atoms with Crippen LogP contribution in [0.25, 0.3) is 0 Å². The Morgan fingerprint density at radius 1 is 0.275 bits per heavy atom. The summed E-state index contributed by atoms with van der Waals surface area (Å²) in [5.41, 5.74) is 2.15. The molecule has 4 bridgehead atoms. The summed E-state index contributed by atoms with van der Waals surface area (Å²) in [4.78, 5) is 0. The maximum absolute atomic E-state index is 5.72. The highest BCUT2D eigenvalue weighted by molar-refractivity contribution is 5.27. The lowest BCUT2D eigenvalue weighted by molar-refractivity contribution is -0.0138. The molecule has 10 heteroatoms. The molecule has 0 unspecified atom stereocenters. The third-order valence-electron chi connectivity index (χ3n) is 5.61. The Bertz CT molecular complexity index is 777. The average Bonchev–Trinajstić information content (AvgIpc) is 2.98. The molecule has 10 nitrogen and oxygen atoms in total. The maximum atomic E-state index is 5.72. The van der Waals surface area contributed by atoms with Crippen LogP contribution in [0.3, 0.4) is 0 Å². The molecule has 4 aliphatic rings. The summed E-state index contributed by atoms with van der Waals surface area (Å²) in [5, 5.41) is 0. The molecule has 0 radical (unpaired) electrons. The summed E-state index contributed by atoms with van der Waals surface area (Å²) in [6.07, 6.45) is 0. The molecule has 4 aliphatic heterocycles. The largest absolute Gasteiger partial charge is 0.491 e. The molecule has 224 valence electrons. The van der Waals surface area contributed by atoms with E-state index in [0.29, 0.717) is 119 Å². The van der Waals surface area contributed by atoms with Crippen LogP contribution in [0.4, 0.5) is 0 Å². The van der Waals surface area contributed by atoms with Crippen LogP contribution in [-0.4, -0.2) is 106 Å². The molecule has 0 atom stereocenters. The van der Waals surface area contributed by atoms with E-state index in [1.807, 2.05) is 48.5 Å². The normalized spacial score (nSPS) is 19.8. The highest BCUT2D eigenvalue weighted by Crippen LogP contribution is 2.14. The number of ether oxygens (including phenoxy) is 10. The van der Waals surface area contributed by atoms with E-state index in [1.165, 1.54) is 0 Å². The van der Waals surface area contributed by atoms with Crippen molar-refractivity contribution >= 4 is 0 Å². The van der Waals surface area contributed by atoms with Crippen molar-refractivity contribution in [2.75, 3.05) is 106 Å². The Kier molecular flexibility index (Phi) is 18.1. The summed E-state index contributed by atoms with van der Waals surface area (Å²) in [7, 11) is 0. The van der Waals surface area contributed by atoms with Gasteiger partial charge in [-0.3, -0.25) is 0 Å². The zero-order valence-corrected chi connectivity index (χ0v) is 23.4. The number of benzene rings is 2. The predicted octanol–water partition coefficient (Wildman–Crippen LogP) is 3.29. The molecule has 6 rings (SSSR count). The van der Waals surface area contributed by atoms with Gasteiger partial charge < -0.3 is 47.4 Å². The summed E-state index contributed by atoms with van der Waals surface area (Å²) in [6, 6.07) is 15.7. The van der Waals surface area contributed by atoms with Crippen LogP contribution >= 0.6 is 0 Å². The van der Waals surface area contributed by atoms with Crippen molar-refractivity contribution in [2.45, 2.75) is 13.2 Å². The van der Waals surface area contributed by atoms with E-state index in [1.54, 1.807) is 0 Å². The fraction of sp³-hybridized carbons (Fsp3) is 0.600. The van der Waals surface area contributed by atoms with E-state index in [4.69, 9.17) is 47.4 Å². The first kappa shape index (κ1) is 32.2. The quantitative estimate of drug-likeness (QED) is 0.475. The predicted molar refractivity (Wildman–Crippen MR) is 148 cm³/mol. The third kappa shape index (κ3) is 16.1. The van der Waals surface area contributed by atoms with Crippen LogP contribution in [0.5, 0.6) is 11.5 Å². The lowest BCUT2D eigenvalue weighted by Gasteiger charge is -2.10. The van der Waals surface area contributed by atoms with Gasteiger partial charge in [0.05, 0.1) is 106 Å². The van der Waals surface area contributed by atoms with E-state index >= 15 is 0 Å². The Balaban J connectivity index is 1.30. The Morgan fingerprint density at radius 2 is 0.525 bits per heavy atom. The Morgan fingerprint density at radius 3 is 0.825 bits per heavy atom. The lowest BCUT2D eigenvalue weighted by atomic mass is 10.2. The summed E-state index contributed by atoms with van der Waals surface area (Å²) < 4.78 is 56.0. The van der Waals surface area contributed by atoms with Crippen LogP contribution in [0.1, 0.15) is 11.1 Å². The van der Waals surface area contributed by atoms with E-state index in [-0.39, 0.29) is 0 Å². The first-order chi connectivity index (χ1) is 19.9. The van der Waals surface area contributed by atoms with Crippen LogP contribution in [-0.2, 0) is 51.1 Å². The van der Waals surface area contributed by atoms with Gasteiger partial charge in [0.15, 0.2) is 0 Å². The standard InChI is InChI=1S/C30H44O10/c1-5-29-6-2-27(1)25-37-19-17-33-11-9-31-10-12-34-18-20-38-26-28-3-7-30(8-4-28)40-24-22-36-16-14-32-13-15-35-21-23-39-29/h1-8H,9-26H2. The first-order valence-electron chi connectivity index (χ1n) is 14.0. The molecule has 0 aliphatic carbocycles. The van der Waals surface area contributed by atoms with E-state index in [2.05, 4.69) is 0 Å². The van der Waals surface area contributed by atoms with Gasteiger partial charge in [0.2, 0.25) is 0 Å². The molecule has 0 N–H and O–H groups in total. The fourth-order valence-electron chi connectivity index (χ4n) is 3.50. The molecule has 0 fully saturated rings. The van der Waals surface area contributed by atoms with Crippen molar-refractivity contribution in [3.63, 3.8) is 0 Å². The van der Waals surface area contributed by atoms with Crippen LogP contribution in [0.2, 0.25) is 0 Å². The second-order valence-electron chi connectivity index (χ2n) is 8.76. The molecule has 0 saturated carbocycles.